The molecule has 0 spiro atoms. The van der Waals surface area contributed by atoms with Gasteiger partial charge in [-0.3, -0.25) is 0 Å². The van der Waals surface area contributed by atoms with Gasteiger partial charge in [-0.05, 0) is 12.5 Å². The average Bonchev–Trinajstić information content (AvgIpc) is 2.44. The molecule has 1 rings (SSSR count). The van der Waals surface area contributed by atoms with Crippen molar-refractivity contribution in [1.82, 2.24) is 10.2 Å². The number of hydrogen-bond acceptors (Lipinski definition) is 3. The van der Waals surface area contributed by atoms with Crippen LogP contribution in [0.2, 0.25) is 0 Å². The quantitative estimate of drug-likeness (QED) is 0.827. The molecule has 2 amide bonds. The molecule has 2 N–H and O–H groups in total. The molecule has 2 atom stereocenters. The van der Waals surface area contributed by atoms with Crippen molar-refractivity contribution in [2.75, 3.05) is 20.8 Å². The van der Waals surface area contributed by atoms with Gasteiger partial charge in [0.15, 0.2) is 6.04 Å². The molecule has 6 nitrogen and oxygen atoms in total. The summed E-state index contributed by atoms with van der Waals surface area (Å²) in [5.41, 5.74) is 0.529. The number of nitrogens with one attached hydrogen (secondary N) is 1. The van der Waals surface area contributed by atoms with Crippen LogP contribution >= 0.6 is 0 Å². The lowest BCUT2D eigenvalue weighted by molar-refractivity contribution is -0.139. The van der Waals surface area contributed by atoms with Crippen molar-refractivity contribution in [3.63, 3.8) is 0 Å². The summed E-state index contributed by atoms with van der Waals surface area (Å²) in [5, 5.41) is 11.7. The monoisotopic (exact) mass is 280 g/mol. The Hall–Kier alpha value is -2.08. The van der Waals surface area contributed by atoms with E-state index in [1.807, 2.05) is 6.92 Å². The number of carboxylic acid groups (broad SMARTS) is 1. The Morgan fingerprint density at radius 1 is 1.35 bits per heavy atom. The van der Waals surface area contributed by atoms with Gasteiger partial charge in [0.25, 0.3) is 0 Å². The van der Waals surface area contributed by atoms with Crippen LogP contribution in [0.3, 0.4) is 0 Å². The van der Waals surface area contributed by atoms with Crippen LogP contribution in [0, 0.1) is 0 Å². The first-order valence-electron chi connectivity index (χ1n) is 6.27. The van der Waals surface area contributed by atoms with E-state index in [2.05, 4.69) is 5.32 Å². The molecule has 0 aliphatic heterocycles. The van der Waals surface area contributed by atoms with E-state index in [4.69, 9.17) is 4.74 Å². The third-order valence-corrected chi connectivity index (χ3v) is 3.04. The minimum atomic E-state index is -1.10. The summed E-state index contributed by atoms with van der Waals surface area (Å²) in [6.45, 7) is 2.20. The first kappa shape index (κ1) is 16.0. The van der Waals surface area contributed by atoms with E-state index >= 15 is 0 Å². The summed E-state index contributed by atoms with van der Waals surface area (Å²) >= 11 is 0. The summed E-state index contributed by atoms with van der Waals surface area (Å²) < 4.78 is 4.97. The molecule has 1 aromatic rings. The maximum Gasteiger partial charge on any atom is 0.330 e. The van der Waals surface area contributed by atoms with E-state index in [9.17, 15) is 14.7 Å². The van der Waals surface area contributed by atoms with Crippen LogP contribution in [0.4, 0.5) is 4.79 Å². The molecular formula is C14H20N2O4. The second kappa shape index (κ2) is 7.49. The molecule has 0 aliphatic carbocycles. The topological polar surface area (TPSA) is 78.9 Å². The molecule has 1 aromatic carbocycles. The van der Waals surface area contributed by atoms with Crippen LogP contribution in [0.5, 0.6) is 0 Å². The smallest absolute Gasteiger partial charge is 0.330 e. The predicted molar refractivity (Wildman–Crippen MR) is 74.5 cm³/mol. The molecule has 1 unspecified atom stereocenters. The van der Waals surface area contributed by atoms with Crippen LogP contribution in [0.25, 0.3) is 0 Å². The molecule has 0 bridgehead atoms. The third-order valence-electron chi connectivity index (χ3n) is 3.04. The van der Waals surface area contributed by atoms with Crippen LogP contribution in [0.1, 0.15) is 18.5 Å². The fourth-order valence-electron chi connectivity index (χ4n) is 1.71. The molecule has 0 saturated heterocycles. The number of amides is 2. The van der Waals surface area contributed by atoms with Gasteiger partial charge in [-0.2, -0.15) is 0 Å². The van der Waals surface area contributed by atoms with E-state index in [1.54, 1.807) is 44.5 Å². The van der Waals surface area contributed by atoms with Crippen LogP contribution in [0.15, 0.2) is 30.3 Å². The Balaban J connectivity index is 2.77. The molecule has 0 radical (unpaired) electrons. The average molecular weight is 280 g/mol. The van der Waals surface area contributed by atoms with Gasteiger partial charge >= 0.3 is 12.0 Å². The fraction of sp³-hybridized carbons (Fsp3) is 0.429. The zero-order valence-electron chi connectivity index (χ0n) is 11.9. The van der Waals surface area contributed by atoms with Gasteiger partial charge < -0.3 is 20.1 Å². The predicted octanol–water partition coefficient (Wildman–Crippen LogP) is 1.49. The number of carboxylic acids is 1. The van der Waals surface area contributed by atoms with Crippen molar-refractivity contribution < 1.29 is 19.4 Å². The van der Waals surface area contributed by atoms with Crippen LogP contribution < -0.4 is 5.32 Å². The van der Waals surface area contributed by atoms with E-state index in [0.29, 0.717) is 12.2 Å². The molecule has 0 heterocycles. The van der Waals surface area contributed by atoms with Gasteiger partial charge in [0.05, 0.1) is 12.6 Å². The number of aliphatic carboxylic acids is 1. The second-order valence-corrected chi connectivity index (χ2v) is 4.55. The number of hydrogen-bond donors (Lipinski definition) is 2. The number of likely N-dealkylation sites (N-methyl/N-ethyl adjacent to an activating group) is 1. The van der Waals surface area contributed by atoms with Gasteiger partial charge in [-0.1, -0.05) is 30.3 Å². The zero-order valence-corrected chi connectivity index (χ0v) is 11.9. The van der Waals surface area contributed by atoms with Gasteiger partial charge in [0.1, 0.15) is 0 Å². The number of nitrogens with zero attached hydrogens (tertiary/aromatic N) is 1. The second-order valence-electron chi connectivity index (χ2n) is 4.55. The molecule has 20 heavy (non-hydrogen) atoms. The van der Waals surface area contributed by atoms with Crippen molar-refractivity contribution in [2.24, 2.45) is 0 Å². The van der Waals surface area contributed by atoms with Gasteiger partial charge in [0, 0.05) is 14.2 Å². The molecule has 0 aromatic heterocycles. The fourth-order valence-corrected chi connectivity index (χ4v) is 1.71. The summed E-state index contributed by atoms with van der Waals surface area (Å²) in [5.74, 6) is -1.10. The lowest BCUT2D eigenvalue weighted by atomic mass is 10.1. The lowest BCUT2D eigenvalue weighted by Crippen LogP contribution is -2.46. The van der Waals surface area contributed by atoms with E-state index in [0.717, 1.165) is 0 Å². The Morgan fingerprint density at radius 2 is 1.95 bits per heavy atom. The highest BCUT2D eigenvalue weighted by atomic mass is 16.5. The normalized spacial score (nSPS) is 13.3. The van der Waals surface area contributed by atoms with Crippen molar-refractivity contribution in [3.05, 3.63) is 35.9 Å². The highest BCUT2D eigenvalue weighted by Crippen LogP contribution is 2.13. The Bertz CT molecular complexity index is 450. The van der Waals surface area contributed by atoms with Crippen molar-refractivity contribution in [2.45, 2.75) is 19.0 Å². The number of benzene rings is 1. The van der Waals surface area contributed by atoms with E-state index in [1.165, 1.54) is 4.90 Å². The van der Waals surface area contributed by atoms with Crippen LogP contribution in [-0.2, 0) is 9.53 Å². The zero-order chi connectivity index (χ0) is 15.1. The van der Waals surface area contributed by atoms with E-state index in [-0.39, 0.29) is 6.04 Å². The van der Waals surface area contributed by atoms with Crippen LogP contribution in [-0.4, -0.2) is 48.8 Å². The number of ether oxygens (including phenoxy) is 1. The number of methoxy groups -OCH3 is 1. The highest BCUT2D eigenvalue weighted by Gasteiger charge is 2.25. The van der Waals surface area contributed by atoms with Crippen molar-refractivity contribution >= 4 is 12.0 Å². The van der Waals surface area contributed by atoms with Crippen molar-refractivity contribution in [3.8, 4) is 0 Å². The summed E-state index contributed by atoms with van der Waals surface area (Å²) in [7, 11) is 3.15. The molecule has 0 saturated carbocycles. The first-order chi connectivity index (χ1) is 9.47. The van der Waals surface area contributed by atoms with E-state index < -0.39 is 18.0 Å². The Kier molecular flexibility index (Phi) is 5.99. The van der Waals surface area contributed by atoms with Gasteiger partial charge in [-0.25, -0.2) is 9.59 Å². The molecular weight excluding hydrogens is 260 g/mol. The van der Waals surface area contributed by atoms with Crippen molar-refractivity contribution in [1.29, 1.82) is 0 Å². The largest absolute Gasteiger partial charge is 0.479 e. The molecule has 0 aliphatic rings. The lowest BCUT2D eigenvalue weighted by Gasteiger charge is -2.26. The first-order valence-corrected chi connectivity index (χ1v) is 6.27. The number of rotatable bonds is 6. The Morgan fingerprint density at radius 3 is 2.45 bits per heavy atom. The number of urea groups is 1. The summed E-state index contributed by atoms with van der Waals surface area (Å²) in [6.07, 6.45) is 0. The standard InChI is InChI=1S/C14H20N2O4/c1-10(9-20-3)16(2)14(19)15-12(13(17)18)11-7-5-4-6-8-11/h4-8,10,12H,9H2,1-3H3,(H,15,19)(H,17,18)/t10?,12-/m1/s1. The minimum Gasteiger partial charge on any atom is -0.479 e. The number of carbonyl (C=O) groups is 2. The highest BCUT2D eigenvalue weighted by molar-refractivity contribution is 5.83. The maximum atomic E-state index is 12.0. The molecule has 110 valence electrons. The maximum absolute atomic E-state index is 12.0. The number of carbonyl (C=O) groups excluding carboxylic acids is 1. The SMILES string of the molecule is COCC(C)N(C)C(=O)N[C@@H](C(=O)O)c1ccccc1. The summed E-state index contributed by atoms with van der Waals surface area (Å²) in [6, 6.07) is 6.91. The Labute approximate surface area is 118 Å². The summed E-state index contributed by atoms with van der Waals surface area (Å²) in [4.78, 5) is 24.8. The van der Waals surface area contributed by atoms with Gasteiger partial charge in [0.2, 0.25) is 0 Å². The minimum absolute atomic E-state index is 0.148. The molecule has 0 fully saturated rings. The third kappa shape index (κ3) is 4.24. The van der Waals surface area contributed by atoms with Gasteiger partial charge in [-0.15, -0.1) is 0 Å². The molecule has 6 heteroatoms.